The SMILES string of the molecule is NCC1CC(=O)N(c2ccc3nc[nH]c3c2)C1. The highest BCUT2D eigenvalue weighted by Gasteiger charge is 2.29. The van der Waals surface area contributed by atoms with E-state index >= 15 is 0 Å². The van der Waals surface area contributed by atoms with Crippen LogP contribution in [-0.4, -0.2) is 29.0 Å². The molecule has 3 N–H and O–H groups in total. The van der Waals surface area contributed by atoms with Gasteiger partial charge in [-0.05, 0) is 30.7 Å². The molecule has 1 unspecified atom stereocenters. The van der Waals surface area contributed by atoms with Crippen molar-refractivity contribution in [2.45, 2.75) is 6.42 Å². The third-order valence-electron chi connectivity index (χ3n) is 3.25. The number of benzene rings is 1. The van der Waals surface area contributed by atoms with Gasteiger partial charge in [0.05, 0.1) is 17.4 Å². The Morgan fingerprint density at radius 2 is 2.41 bits per heavy atom. The van der Waals surface area contributed by atoms with Crippen LogP contribution in [0.4, 0.5) is 5.69 Å². The number of nitrogens with one attached hydrogen (secondary N) is 1. The highest BCUT2D eigenvalue weighted by molar-refractivity contribution is 5.97. The summed E-state index contributed by atoms with van der Waals surface area (Å²) < 4.78 is 0. The zero-order chi connectivity index (χ0) is 11.8. The van der Waals surface area contributed by atoms with Gasteiger partial charge in [0.1, 0.15) is 0 Å². The highest BCUT2D eigenvalue weighted by atomic mass is 16.2. The Balaban J connectivity index is 1.95. The number of anilines is 1. The predicted octanol–water partition coefficient (Wildman–Crippen LogP) is 0.874. The van der Waals surface area contributed by atoms with E-state index in [0.29, 0.717) is 13.0 Å². The molecule has 0 aliphatic carbocycles. The van der Waals surface area contributed by atoms with Crippen molar-refractivity contribution in [3.05, 3.63) is 24.5 Å². The standard InChI is InChI=1S/C12H14N4O/c13-5-8-3-12(17)16(6-8)9-1-2-10-11(4-9)15-7-14-10/h1-2,4,7-8H,3,5-6,13H2,(H,14,15). The number of nitrogens with two attached hydrogens (primary N) is 1. The summed E-state index contributed by atoms with van der Waals surface area (Å²) in [7, 11) is 0. The minimum absolute atomic E-state index is 0.152. The first-order chi connectivity index (χ1) is 8.28. The van der Waals surface area contributed by atoms with Crippen LogP contribution in [0.2, 0.25) is 0 Å². The van der Waals surface area contributed by atoms with Crippen molar-refractivity contribution in [3.63, 3.8) is 0 Å². The Morgan fingerprint density at radius 1 is 1.53 bits per heavy atom. The van der Waals surface area contributed by atoms with Crippen molar-refractivity contribution < 1.29 is 4.79 Å². The average Bonchev–Trinajstić information content (AvgIpc) is 2.93. The minimum atomic E-state index is 0.152. The lowest BCUT2D eigenvalue weighted by Gasteiger charge is -2.16. The molecule has 0 bridgehead atoms. The molecule has 0 spiro atoms. The molecule has 5 nitrogen and oxygen atoms in total. The topological polar surface area (TPSA) is 75.0 Å². The number of amides is 1. The van der Waals surface area contributed by atoms with E-state index < -0.39 is 0 Å². The number of rotatable bonds is 2. The molecule has 1 fully saturated rings. The van der Waals surface area contributed by atoms with Gasteiger partial charge in [0.25, 0.3) is 0 Å². The molecule has 1 amide bonds. The van der Waals surface area contributed by atoms with Gasteiger partial charge < -0.3 is 15.6 Å². The van der Waals surface area contributed by atoms with Crippen LogP contribution in [0.25, 0.3) is 11.0 Å². The summed E-state index contributed by atoms with van der Waals surface area (Å²) in [6.45, 7) is 1.28. The largest absolute Gasteiger partial charge is 0.345 e. The zero-order valence-corrected chi connectivity index (χ0v) is 9.39. The molecule has 2 heterocycles. The molecule has 0 saturated carbocycles. The lowest BCUT2D eigenvalue weighted by molar-refractivity contribution is -0.117. The van der Waals surface area contributed by atoms with E-state index in [0.717, 1.165) is 23.3 Å². The van der Waals surface area contributed by atoms with Crippen molar-refractivity contribution in [3.8, 4) is 0 Å². The number of H-pyrrole nitrogens is 1. The summed E-state index contributed by atoms with van der Waals surface area (Å²) in [6.07, 6.45) is 2.21. The summed E-state index contributed by atoms with van der Waals surface area (Å²) in [4.78, 5) is 20.9. The lowest BCUT2D eigenvalue weighted by atomic mass is 10.1. The highest BCUT2D eigenvalue weighted by Crippen LogP contribution is 2.26. The molecule has 1 aliphatic heterocycles. The number of aromatic nitrogens is 2. The van der Waals surface area contributed by atoms with E-state index in [2.05, 4.69) is 9.97 Å². The van der Waals surface area contributed by atoms with Crippen LogP contribution in [0.1, 0.15) is 6.42 Å². The number of fused-ring (bicyclic) bond motifs is 1. The van der Waals surface area contributed by atoms with Crippen LogP contribution in [0.15, 0.2) is 24.5 Å². The first-order valence-electron chi connectivity index (χ1n) is 5.71. The summed E-state index contributed by atoms with van der Waals surface area (Å²) in [5.41, 5.74) is 8.40. The van der Waals surface area contributed by atoms with Gasteiger partial charge in [-0.25, -0.2) is 4.98 Å². The molecule has 1 aromatic carbocycles. The van der Waals surface area contributed by atoms with E-state index in [1.165, 1.54) is 0 Å². The smallest absolute Gasteiger partial charge is 0.227 e. The van der Waals surface area contributed by atoms with Crippen LogP contribution >= 0.6 is 0 Å². The van der Waals surface area contributed by atoms with Crippen molar-refractivity contribution in [1.29, 1.82) is 0 Å². The monoisotopic (exact) mass is 230 g/mol. The molecule has 1 atom stereocenters. The molecule has 88 valence electrons. The van der Waals surface area contributed by atoms with Crippen molar-refractivity contribution in [2.24, 2.45) is 11.7 Å². The van der Waals surface area contributed by atoms with Crippen LogP contribution in [0.3, 0.4) is 0 Å². The van der Waals surface area contributed by atoms with E-state index in [9.17, 15) is 4.79 Å². The molecule has 1 aliphatic rings. The summed E-state index contributed by atoms with van der Waals surface area (Å²) in [6, 6.07) is 5.81. The fourth-order valence-corrected chi connectivity index (χ4v) is 2.28. The molecule has 1 aromatic heterocycles. The Kier molecular flexibility index (Phi) is 2.33. The van der Waals surface area contributed by atoms with Crippen LogP contribution in [0, 0.1) is 5.92 Å². The Bertz CT molecular complexity index is 562. The Hall–Kier alpha value is -1.88. The second-order valence-corrected chi connectivity index (χ2v) is 4.41. The van der Waals surface area contributed by atoms with Crippen LogP contribution < -0.4 is 10.6 Å². The van der Waals surface area contributed by atoms with Crippen molar-refractivity contribution in [2.75, 3.05) is 18.0 Å². The number of nitrogens with zero attached hydrogens (tertiary/aromatic N) is 2. The number of hydrogen-bond acceptors (Lipinski definition) is 3. The molecular weight excluding hydrogens is 216 g/mol. The van der Waals surface area contributed by atoms with Crippen molar-refractivity contribution in [1.82, 2.24) is 9.97 Å². The molecule has 3 rings (SSSR count). The third-order valence-corrected chi connectivity index (χ3v) is 3.25. The van der Waals surface area contributed by atoms with E-state index in [4.69, 9.17) is 5.73 Å². The minimum Gasteiger partial charge on any atom is -0.345 e. The average molecular weight is 230 g/mol. The zero-order valence-electron chi connectivity index (χ0n) is 9.39. The van der Waals surface area contributed by atoms with Gasteiger partial charge in [-0.1, -0.05) is 0 Å². The summed E-state index contributed by atoms with van der Waals surface area (Å²) in [5, 5.41) is 0. The normalized spacial score (nSPS) is 20.4. The fourth-order valence-electron chi connectivity index (χ4n) is 2.28. The number of carbonyl (C=O) groups is 1. The maximum absolute atomic E-state index is 11.9. The second-order valence-electron chi connectivity index (χ2n) is 4.41. The lowest BCUT2D eigenvalue weighted by Crippen LogP contribution is -2.25. The number of imidazole rings is 1. The molecule has 1 saturated heterocycles. The molecular formula is C12H14N4O. The number of aromatic amines is 1. The molecule has 17 heavy (non-hydrogen) atoms. The van der Waals surface area contributed by atoms with Gasteiger partial charge in [0.15, 0.2) is 0 Å². The van der Waals surface area contributed by atoms with Crippen LogP contribution in [0.5, 0.6) is 0 Å². The van der Waals surface area contributed by atoms with Crippen LogP contribution in [-0.2, 0) is 4.79 Å². The summed E-state index contributed by atoms with van der Waals surface area (Å²) >= 11 is 0. The van der Waals surface area contributed by atoms with E-state index in [1.54, 1.807) is 11.2 Å². The molecule has 5 heteroatoms. The molecule has 0 radical (unpaired) electrons. The third kappa shape index (κ3) is 1.68. The van der Waals surface area contributed by atoms with Gasteiger partial charge >= 0.3 is 0 Å². The van der Waals surface area contributed by atoms with Gasteiger partial charge in [0, 0.05) is 18.7 Å². The fraction of sp³-hybridized carbons (Fsp3) is 0.333. The summed E-state index contributed by atoms with van der Waals surface area (Å²) in [5.74, 6) is 0.430. The van der Waals surface area contributed by atoms with Gasteiger partial charge in [-0.3, -0.25) is 4.79 Å². The quantitative estimate of drug-likeness (QED) is 0.804. The first kappa shape index (κ1) is 10.3. The maximum atomic E-state index is 11.9. The van der Waals surface area contributed by atoms with E-state index in [1.807, 2.05) is 18.2 Å². The Morgan fingerprint density at radius 3 is 3.18 bits per heavy atom. The molecule has 2 aromatic rings. The maximum Gasteiger partial charge on any atom is 0.227 e. The number of hydrogen-bond donors (Lipinski definition) is 2. The van der Waals surface area contributed by atoms with Crippen molar-refractivity contribution >= 4 is 22.6 Å². The first-order valence-corrected chi connectivity index (χ1v) is 5.71. The van der Waals surface area contributed by atoms with Gasteiger partial charge in [-0.15, -0.1) is 0 Å². The number of carbonyl (C=O) groups excluding carboxylic acids is 1. The van der Waals surface area contributed by atoms with E-state index in [-0.39, 0.29) is 11.8 Å². The second kappa shape index (κ2) is 3.85. The predicted molar refractivity (Wildman–Crippen MR) is 65.6 cm³/mol. The Labute approximate surface area is 98.6 Å². The van der Waals surface area contributed by atoms with Gasteiger partial charge in [-0.2, -0.15) is 0 Å². The van der Waals surface area contributed by atoms with Gasteiger partial charge in [0.2, 0.25) is 5.91 Å².